The molecule has 0 aliphatic rings. The number of H-pyrrole nitrogens is 1. The Kier molecular flexibility index (Phi) is 13.4. The van der Waals surface area contributed by atoms with Crippen LogP contribution in [0.5, 0.6) is 0 Å². The number of amides is 2. The Balaban J connectivity index is 0.000000199. The molecule has 0 unspecified atom stereocenters. The molecule has 3 N–H and O–H groups in total. The molecule has 2 amide bonds. The van der Waals surface area contributed by atoms with Gasteiger partial charge in [0.25, 0.3) is 11.1 Å². The van der Waals surface area contributed by atoms with Gasteiger partial charge in [0.1, 0.15) is 0 Å². The van der Waals surface area contributed by atoms with E-state index in [4.69, 9.17) is 14.7 Å². The first-order valence-corrected chi connectivity index (χ1v) is 18.3. The Morgan fingerprint density at radius 2 is 1.14 bits per heavy atom. The molecule has 0 bridgehead atoms. The molecule has 7 aromatic rings. The summed E-state index contributed by atoms with van der Waals surface area (Å²) in [6, 6.07) is 37.1. The van der Waals surface area contributed by atoms with Crippen molar-refractivity contribution in [3.05, 3.63) is 159 Å². The number of anilines is 2. The van der Waals surface area contributed by atoms with Crippen molar-refractivity contribution >= 4 is 23.6 Å². The van der Waals surface area contributed by atoms with Crippen molar-refractivity contribution in [1.29, 1.82) is 5.26 Å². The monoisotopic (exact) mass is 791 g/mol. The van der Waals surface area contributed by atoms with Crippen molar-refractivity contribution < 1.29 is 19.1 Å². The minimum absolute atomic E-state index is 0.226. The first-order valence-electron chi connectivity index (χ1n) is 18.3. The van der Waals surface area contributed by atoms with Gasteiger partial charge in [0.05, 0.1) is 49.3 Å². The molecular formula is C42H37N11O6. The molecular weight excluding hydrogens is 755 g/mol. The summed E-state index contributed by atoms with van der Waals surface area (Å²) in [5.41, 5.74) is 6.63. The summed E-state index contributed by atoms with van der Waals surface area (Å²) in [5, 5.41) is 37.0. The molecule has 296 valence electrons. The number of aromatic nitrogens is 8. The van der Waals surface area contributed by atoms with E-state index < -0.39 is 12.2 Å². The molecule has 0 saturated carbocycles. The molecule has 59 heavy (non-hydrogen) atoms. The number of rotatable bonds is 11. The van der Waals surface area contributed by atoms with E-state index >= 15 is 0 Å². The minimum Gasteiger partial charge on any atom is -0.450 e. The SMILES string of the molecule is CCOC(=O)Nc1cccc(Cn2nc(-c3ccc(-c4nn[nH]n4)cc3)ccc2=O)c1.CCOC(=O)Nc1cccc(Cn2nc(-c3ccc(C#N)cc3)ccc2=O)c1. The van der Waals surface area contributed by atoms with E-state index in [1.165, 1.54) is 21.5 Å². The average molecular weight is 792 g/mol. The molecule has 3 heterocycles. The summed E-state index contributed by atoms with van der Waals surface area (Å²) < 4.78 is 12.5. The van der Waals surface area contributed by atoms with Crippen LogP contribution in [0.1, 0.15) is 30.5 Å². The summed E-state index contributed by atoms with van der Waals surface area (Å²) in [6.45, 7) is 4.54. The predicted octanol–water partition coefficient (Wildman–Crippen LogP) is 6.11. The van der Waals surface area contributed by atoms with E-state index in [0.717, 1.165) is 27.8 Å². The third-order valence-electron chi connectivity index (χ3n) is 8.39. The minimum atomic E-state index is -0.530. The van der Waals surface area contributed by atoms with Crippen molar-refractivity contribution in [3.63, 3.8) is 0 Å². The lowest BCUT2D eigenvalue weighted by Crippen LogP contribution is -2.23. The number of tetrazole rings is 1. The number of ether oxygens (including phenoxy) is 2. The number of hydrogen-bond acceptors (Lipinski definition) is 12. The Morgan fingerprint density at radius 3 is 1.58 bits per heavy atom. The van der Waals surface area contributed by atoms with Crippen LogP contribution in [-0.4, -0.2) is 65.6 Å². The summed E-state index contributed by atoms with van der Waals surface area (Å²) in [6.07, 6.45) is -1.06. The van der Waals surface area contributed by atoms with E-state index in [1.54, 1.807) is 86.6 Å². The highest BCUT2D eigenvalue weighted by atomic mass is 16.6. The van der Waals surface area contributed by atoms with Crippen LogP contribution in [0.15, 0.2) is 131 Å². The van der Waals surface area contributed by atoms with E-state index in [0.29, 0.717) is 34.2 Å². The Labute approximate surface area is 336 Å². The molecule has 0 atom stereocenters. The standard InChI is InChI=1S/C21H19N7O3.C21H18N4O3/c1-2-31-21(30)22-17-5-3-4-14(12-17)13-28-19(29)11-10-18(25-28)15-6-8-16(9-7-15)20-23-26-27-24-20;1-2-28-21(27)23-18-5-3-4-16(12-18)14-25-20(26)11-10-19(24-25)17-8-6-15(13-22)7-9-17/h3-12H,2,13H2,1H3,(H,22,30)(H,23,24,26,27);3-12H,2,14H2,1H3,(H,23,27). The number of nitrogens with one attached hydrogen (secondary N) is 3. The topological polar surface area (TPSA) is 225 Å². The maximum atomic E-state index is 12.3. The molecule has 0 aliphatic heterocycles. The maximum Gasteiger partial charge on any atom is 0.411 e. The van der Waals surface area contributed by atoms with E-state index in [-0.39, 0.29) is 37.4 Å². The van der Waals surface area contributed by atoms with Gasteiger partial charge in [-0.2, -0.15) is 20.7 Å². The zero-order valence-corrected chi connectivity index (χ0v) is 31.9. The van der Waals surface area contributed by atoms with Gasteiger partial charge in [-0.3, -0.25) is 20.2 Å². The molecule has 17 heteroatoms. The van der Waals surface area contributed by atoms with Crippen LogP contribution in [0, 0.1) is 11.3 Å². The quantitative estimate of drug-likeness (QED) is 0.135. The Bertz CT molecular complexity index is 2690. The number of hydrogen-bond donors (Lipinski definition) is 3. The molecule has 7 rings (SSSR count). The molecule has 0 spiro atoms. The van der Waals surface area contributed by atoms with Gasteiger partial charge in [0, 0.05) is 40.2 Å². The van der Waals surface area contributed by atoms with Crippen LogP contribution in [-0.2, 0) is 22.6 Å². The van der Waals surface area contributed by atoms with Gasteiger partial charge < -0.3 is 9.47 Å². The van der Waals surface area contributed by atoms with Gasteiger partial charge in [-0.05, 0) is 78.7 Å². The summed E-state index contributed by atoms with van der Waals surface area (Å²) in [5.74, 6) is 0.501. The van der Waals surface area contributed by atoms with E-state index in [2.05, 4.69) is 47.5 Å². The lowest BCUT2D eigenvalue weighted by Gasteiger charge is -2.10. The van der Waals surface area contributed by atoms with Crippen LogP contribution >= 0.6 is 0 Å². The lowest BCUT2D eigenvalue weighted by molar-refractivity contribution is 0.167. The first-order chi connectivity index (χ1) is 28.7. The summed E-state index contributed by atoms with van der Waals surface area (Å²) in [7, 11) is 0. The highest BCUT2D eigenvalue weighted by Gasteiger charge is 2.10. The normalized spacial score (nSPS) is 10.4. The molecule has 17 nitrogen and oxygen atoms in total. The second kappa shape index (κ2) is 19.6. The molecule has 3 aromatic heterocycles. The molecule has 0 fully saturated rings. The largest absolute Gasteiger partial charge is 0.450 e. The van der Waals surface area contributed by atoms with Gasteiger partial charge in [0.15, 0.2) is 0 Å². The fourth-order valence-electron chi connectivity index (χ4n) is 5.63. The lowest BCUT2D eigenvalue weighted by atomic mass is 10.1. The van der Waals surface area contributed by atoms with E-state index in [1.807, 2.05) is 36.4 Å². The van der Waals surface area contributed by atoms with Crippen LogP contribution in [0.2, 0.25) is 0 Å². The second-order valence-electron chi connectivity index (χ2n) is 12.5. The molecule has 0 aliphatic carbocycles. The van der Waals surface area contributed by atoms with Crippen LogP contribution < -0.4 is 21.8 Å². The summed E-state index contributed by atoms with van der Waals surface area (Å²) >= 11 is 0. The Morgan fingerprint density at radius 1 is 0.661 bits per heavy atom. The Hall–Kier alpha value is -8.26. The first kappa shape index (κ1) is 40.4. The second-order valence-corrected chi connectivity index (χ2v) is 12.5. The summed E-state index contributed by atoms with van der Waals surface area (Å²) in [4.78, 5) is 47.8. The molecule has 0 radical (unpaired) electrons. The number of carbonyl (C=O) groups is 2. The number of benzene rings is 4. The van der Waals surface area contributed by atoms with E-state index in [9.17, 15) is 19.2 Å². The van der Waals surface area contributed by atoms with Crippen molar-refractivity contribution in [1.82, 2.24) is 40.2 Å². The molecule has 4 aromatic carbocycles. The van der Waals surface area contributed by atoms with Gasteiger partial charge in [-0.1, -0.05) is 60.7 Å². The third-order valence-corrected chi connectivity index (χ3v) is 8.39. The van der Waals surface area contributed by atoms with Gasteiger partial charge in [0.2, 0.25) is 5.82 Å². The van der Waals surface area contributed by atoms with Crippen molar-refractivity contribution in [2.24, 2.45) is 0 Å². The number of nitriles is 1. The number of aromatic amines is 1. The van der Waals surface area contributed by atoms with Gasteiger partial charge in [-0.25, -0.2) is 19.0 Å². The third kappa shape index (κ3) is 11.2. The van der Waals surface area contributed by atoms with Crippen molar-refractivity contribution in [2.45, 2.75) is 26.9 Å². The zero-order chi connectivity index (χ0) is 41.6. The van der Waals surface area contributed by atoms with Crippen LogP contribution in [0.4, 0.5) is 21.0 Å². The van der Waals surface area contributed by atoms with Crippen LogP contribution in [0.25, 0.3) is 33.9 Å². The molecule has 0 saturated heterocycles. The van der Waals surface area contributed by atoms with Crippen molar-refractivity contribution in [3.8, 4) is 40.0 Å². The number of nitrogens with zero attached hydrogens (tertiary/aromatic N) is 8. The zero-order valence-electron chi connectivity index (χ0n) is 31.9. The maximum absolute atomic E-state index is 12.3. The van der Waals surface area contributed by atoms with Crippen molar-refractivity contribution in [2.75, 3.05) is 23.8 Å². The highest BCUT2D eigenvalue weighted by molar-refractivity contribution is 5.85. The average Bonchev–Trinajstić information content (AvgIpc) is 3.79. The predicted molar refractivity (Wildman–Crippen MR) is 218 cm³/mol. The van der Waals surface area contributed by atoms with Gasteiger partial charge >= 0.3 is 12.2 Å². The number of carbonyl (C=O) groups excluding carboxylic acids is 2. The van der Waals surface area contributed by atoms with Gasteiger partial charge in [-0.15, -0.1) is 10.2 Å². The van der Waals surface area contributed by atoms with Crippen LogP contribution in [0.3, 0.4) is 0 Å². The fraction of sp³-hybridized carbons (Fsp3) is 0.143. The fourth-order valence-corrected chi connectivity index (χ4v) is 5.63. The highest BCUT2D eigenvalue weighted by Crippen LogP contribution is 2.21. The smallest absolute Gasteiger partial charge is 0.411 e.